The molecule has 47 heavy (non-hydrogen) atoms. The molecule has 246 valence electrons. The fraction of sp³-hybridized carbons (Fsp3) is 0.333. The first kappa shape index (κ1) is 33.8. The molecule has 5 rings (SSSR count). The number of aryl methyl sites for hydroxylation is 1. The number of amides is 2. The lowest BCUT2D eigenvalue weighted by Crippen LogP contribution is -2.43. The minimum absolute atomic E-state index is 0.00807. The normalized spacial score (nSPS) is 18.0. The number of anilines is 1. The third kappa shape index (κ3) is 6.95. The van der Waals surface area contributed by atoms with Crippen LogP contribution in [0.4, 0.5) is 5.69 Å². The maximum Gasteiger partial charge on any atom is 0.346 e. The van der Waals surface area contributed by atoms with E-state index in [4.69, 9.17) is 32.9 Å². The van der Waals surface area contributed by atoms with Crippen LogP contribution in [0.1, 0.15) is 48.7 Å². The van der Waals surface area contributed by atoms with Gasteiger partial charge in [0.15, 0.2) is 0 Å². The molecule has 0 radical (unpaired) electrons. The Balaban J connectivity index is 1.40. The van der Waals surface area contributed by atoms with Crippen LogP contribution in [0.15, 0.2) is 68.7 Å². The van der Waals surface area contributed by atoms with Crippen molar-refractivity contribution >= 4 is 52.3 Å². The summed E-state index contributed by atoms with van der Waals surface area (Å²) in [5, 5.41) is 13.5. The zero-order valence-corrected chi connectivity index (χ0v) is 28.0. The highest BCUT2D eigenvalue weighted by atomic mass is 35.5. The molecule has 1 aliphatic carbocycles. The molecule has 0 bridgehead atoms. The van der Waals surface area contributed by atoms with Crippen LogP contribution in [-0.4, -0.2) is 57.8 Å². The lowest BCUT2D eigenvalue weighted by molar-refractivity contribution is -0.119. The average Bonchev–Trinajstić information content (AvgIpc) is 3.64. The van der Waals surface area contributed by atoms with Crippen LogP contribution in [0, 0.1) is 0 Å². The second-order valence-electron chi connectivity index (χ2n) is 11.5. The highest BCUT2D eigenvalue weighted by Gasteiger charge is 2.30. The van der Waals surface area contributed by atoms with Gasteiger partial charge in [0.1, 0.15) is 0 Å². The summed E-state index contributed by atoms with van der Waals surface area (Å²) in [6, 6.07) is 10.5. The fourth-order valence-electron chi connectivity index (χ4n) is 5.81. The van der Waals surface area contributed by atoms with E-state index in [1.165, 1.54) is 14.1 Å². The topological polar surface area (TPSA) is 149 Å². The minimum Gasteiger partial charge on any atom is -0.481 e. The van der Waals surface area contributed by atoms with Crippen molar-refractivity contribution in [3.8, 4) is 11.1 Å². The number of rotatable bonds is 9. The smallest absolute Gasteiger partial charge is 0.346 e. The Bertz CT molecular complexity index is 1960. The molecule has 3 N–H and O–H groups in total. The summed E-state index contributed by atoms with van der Waals surface area (Å²) in [5.74, 6) is -0.319. The van der Waals surface area contributed by atoms with Gasteiger partial charge >= 0.3 is 5.69 Å². The van der Waals surface area contributed by atoms with Crippen LogP contribution in [0.3, 0.4) is 0 Å². The fourth-order valence-corrected chi connectivity index (χ4v) is 6.42. The van der Waals surface area contributed by atoms with Crippen molar-refractivity contribution in [2.45, 2.75) is 44.7 Å². The van der Waals surface area contributed by atoms with Crippen LogP contribution < -0.4 is 27.2 Å². The number of aromatic nitrogens is 3. The Hall–Kier alpha value is -4.52. The van der Waals surface area contributed by atoms with E-state index in [0.29, 0.717) is 46.3 Å². The van der Waals surface area contributed by atoms with Gasteiger partial charge in [-0.1, -0.05) is 65.7 Å². The summed E-state index contributed by atoms with van der Waals surface area (Å²) >= 11 is 13.7. The zero-order chi connectivity index (χ0) is 34.0. The van der Waals surface area contributed by atoms with Gasteiger partial charge < -0.3 is 20.7 Å². The highest BCUT2D eigenvalue weighted by Crippen LogP contribution is 2.40. The number of aliphatic imine (C=N–C) groups is 1. The molecular formula is C33H35Cl2N7O5. The van der Waals surface area contributed by atoms with Crippen molar-refractivity contribution in [1.82, 2.24) is 25.0 Å². The Morgan fingerprint density at radius 2 is 1.79 bits per heavy atom. The number of nitrogens with zero attached hydrogens (tertiary/aromatic N) is 4. The summed E-state index contributed by atoms with van der Waals surface area (Å²) in [4.78, 5) is 54.0. The van der Waals surface area contributed by atoms with Gasteiger partial charge in [0.25, 0.3) is 11.5 Å². The Morgan fingerprint density at radius 1 is 1.09 bits per heavy atom. The van der Waals surface area contributed by atoms with E-state index in [0.717, 1.165) is 39.7 Å². The number of ether oxygens (including phenoxy) is 1. The van der Waals surface area contributed by atoms with Crippen molar-refractivity contribution < 1.29 is 14.3 Å². The summed E-state index contributed by atoms with van der Waals surface area (Å²) in [6.07, 6.45) is 3.11. The number of carbonyl (C=O) groups is 2. The van der Waals surface area contributed by atoms with E-state index >= 15 is 0 Å². The van der Waals surface area contributed by atoms with E-state index in [9.17, 15) is 19.2 Å². The molecule has 1 fully saturated rings. The van der Waals surface area contributed by atoms with Gasteiger partial charge in [-0.25, -0.2) is 14.5 Å². The van der Waals surface area contributed by atoms with Gasteiger partial charge in [0, 0.05) is 61.4 Å². The lowest BCUT2D eigenvalue weighted by atomic mass is 10.0. The van der Waals surface area contributed by atoms with Crippen molar-refractivity contribution in [3.05, 3.63) is 96.3 Å². The number of carbonyl (C=O) groups excluding carboxylic acids is 2. The van der Waals surface area contributed by atoms with Gasteiger partial charge in [-0.2, -0.15) is 5.10 Å². The summed E-state index contributed by atoms with van der Waals surface area (Å²) < 4.78 is 7.48. The van der Waals surface area contributed by atoms with Crippen molar-refractivity contribution in [2.24, 2.45) is 19.1 Å². The molecule has 14 heteroatoms. The first-order valence-corrected chi connectivity index (χ1v) is 15.7. The molecule has 1 aromatic heterocycles. The summed E-state index contributed by atoms with van der Waals surface area (Å²) in [5.41, 5.74) is 2.37. The summed E-state index contributed by atoms with van der Waals surface area (Å²) in [7, 11) is 4.17. The monoisotopic (exact) mass is 679 g/mol. The number of allylic oxidation sites excluding steroid dienone is 1. The molecule has 2 heterocycles. The van der Waals surface area contributed by atoms with Crippen LogP contribution in [0.25, 0.3) is 16.8 Å². The number of hydrogen-bond donors (Lipinski definition) is 3. The number of halogens is 2. The number of hydrogen-bond acceptors (Lipinski definition) is 8. The Morgan fingerprint density at radius 3 is 2.47 bits per heavy atom. The minimum atomic E-state index is -0.837. The van der Waals surface area contributed by atoms with E-state index < -0.39 is 22.9 Å². The summed E-state index contributed by atoms with van der Waals surface area (Å²) in [6.45, 7) is 6.90. The second-order valence-corrected chi connectivity index (χ2v) is 12.2. The third-order valence-corrected chi connectivity index (χ3v) is 9.17. The Labute approximate surface area is 281 Å². The zero-order valence-electron chi connectivity index (χ0n) is 26.4. The van der Waals surface area contributed by atoms with E-state index in [1.807, 2.05) is 0 Å². The average molecular weight is 681 g/mol. The molecule has 0 unspecified atom stereocenters. The van der Waals surface area contributed by atoms with Gasteiger partial charge in [-0.3, -0.25) is 19.0 Å². The number of nitrogens with one attached hydrogen (secondary N) is 3. The van der Waals surface area contributed by atoms with Crippen molar-refractivity contribution in [3.63, 3.8) is 0 Å². The van der Waals surface area contributed by atoms with Gasteiger partial charge in [0.05, 0.1) is 28.5 Å². The second kappa shape index (κ2) is 14.1. The van der Waals surface area contributed by atoms with Crippen LogP contribution in [0.5, 0.6) is 0 Å². The molecule has 12 nitrogen and oxygen atoms in total. The predicted octanol–water partition coefficient (Wildman–Crippen LogP) is 4.07. The van der Waals surface area contributed by atoms with Crippen LogP contribution >= 0.6 is 23.2 Å². The predicted molar refractivity (Wildman–Crippen MR) is 183 cm³/mol. The molecule has 2 aliphatic rings. The van der Waals surface area contributed by atoms with E-state index in [-0.39, 0.29) is 28.7 Å². The Kier molecular flexibility index (Phi) is 10.1. The molecule has 1 saturated heterocycles. The van der Waals surface area contributed by atoms with Crippen molar-refractivity contribution in [1.29, 1.82) is 0 Å². The van der Waals surface area contributed by atoms with Crippen LogP contribution in [0.2, 0.25) is 10.0 Å². The highest BCUT2D eigenvalue weighted by molar-refractivity contribution is 6.39. The molecule has 2 atom stereocenters. The van der Waals surface area contributed by atoms with Gasteiger partial charge in [0.2, 0.25) is 17.5 Å². The maximum absolute atomic E-state index is 13.0. The third-order valence-electron chi connectivity index (χ3n) is 8.35. The molecule has 3 aromatic rings. The molecule has 1 aliphatic heterocycles. The van der Waals surface area contributed by atoms with Crippen molar-refractivity contribution in [2.75, 3.05) is 19.0 Å². The van der Waals surface area contributed by atoms with E-state index in [2.05, 4.69) is 34.6 Å². The molecule has 2 aromatic carbocycles. The van der Waals surface area contributed by atoms with E-state index in [1.54, 1.807) is 43.5 Å². The van der Waals surface area contributed by atoms with Gasteiger partial charge in [-0.05, 0) is 32.3 Å². The first-order valence-electron chi connectivity index (χ1n) is 15.0. The SMILES string of the molecule is C=C(/N=C(/OC)C1=C(C)CC[C@@H]1NC[C@@H]1CCC(=O)N1)c1cccc(-c2cccc(NC(=O)c3nn(C)c(=O)n(C)c3=O)c2Cl)c1Cl. The number of methoxy groups -OCH3 is 1. The molecular weight excluding hydrogens is 645 g/mol. The molecule has 0 spiro atoms. The molecule has 0 saturated carbocycles. The van der Waals surface area contributed by atoms with Gasteiger partial charge in [-0.15, -0.1) is 0 Å². The van der Waals surface area contributed by atoms with Crippen LogP contribution in [-0.2, 0) is 23.6 Å². The maximum atomic E-state index is 13.0. The largest absolute Gasteiger partial charge is 0.481 e. The number of benzene rings is 2. The molecule has 2 amide bonds. The standard InChI is InChI=1S/C33H35Cl2N7O5/c1-17-12-14-23(36-16-19-13-15-25(43)38-19)26(17)31(47-5)37-18(2)20-8-6-9-21(27(20)34)22-10-7-11-24(28(22)35)39-30(44)29-32(45)41(3)33(46)42(4)40-29/h6-11,19,23,36H,2,12-16H2,1,3-5H3,(H,38,43)(H,39,44)/b37-31+/t19-,23-/m0/s1. The quantitative estimate of drug-likeness (QED) is 0.228. The lowest BCUT2D eigenvalue weighted by Gasteiger charge is -2.21. The first-order chi connectivity index (χ1) is 22.4.